The van der Waals surface area contributed by atoms with Crippen molar-refractivity contribution in [2.45, 2.75) is 18.8 Å². The molecule has 2 aromatic carbocycles. The summed E-state index contributed by atoms with van der Waals surface area (Å²) in [6.45, 7) is 1.04. The van der Waals surface area contributed by atoms with E-state index in [1.807, 2.05) is 0 Å². The summed E-state index contributed by atoms with van der Waals surface area (Å²) in [5, 5.41) is 6.86. The van der Waals surface area contributed by atoms with Crippen molar-refractivity contribution in [3.63, 3.8) is 0 Å². The number of likely N-dealkylation sites (tertiary alicyclic amines) is 1. The average molecular weight is 398 g/mol. The first-order chi connectivity index (χ1) is 14.0. The van der Waals surface area contributed by atoms with Gasteiger partial charge >= 0.3 is 0 Å². The van der Waals surface area contributed by atoms with Crippen molar-refractivity contribution in [3.05, 3.63) is 65.6 Å². The zero-order valence-corrected chi connectivity index (χ0v) is 15.9. The van der Waals surface area contributed by atoms with E-state index >= 15 is 0 Å². The number of carbonyl (C=O) groups excluding carboxylic acids is 1. The Morgan fingerprint density at radius 2 is 1.93 bits per heavy atom. The van der Waals surface area contributed by atoms with Gasteiger partial charge in [-0.25, -0.2) is 8.78 Å². The summed E-state index contributed by atoms with van der Waals surface area (Å²) in [4.78, 5) is 19.2. The Bertz CT molecular complexity index is 1020. The molecule has 0 spiro atoms. The molecule has 0 bridgehead atoms. The van der Waals surface area contributed by atoms with Crippen molar-refractivity contribution in [3.8, 4) is 11.4 Å². The van der Waals surface area contributed by atoms with Gasteiger partial charge < -0.3 is 14.7 Å². The van der Waals surface area contributed by atoms with E-state index in [9.17, 15) is 13.6 Å². The van der Waals surface area contributed by atoms with E-state index in [-0.39, 0.29) is 17.6 Å². The van der Waals surface area contributed by atoms with E-state index in [2.05, 4.69) is 15.5 Å². The summed E-state index contributed by atoms with van der Waals surface area (Å²) < 4.78 is 32.0. The molecule has 1 unspecified atom stereocenters. The fourth-order valence-corrected chi connectivity index (χ4v) is 3.56. The molecule has 2 heterocycles. The third kappa shape index (κ3) is 3.96. The Kier molecular flexibility index (Phi) is 5.24. The highest BCUT2D eigenvalue weighted by Crippen LogP contribution is 2.29. The molecule has 1 fully saturated rings. The minimum Gasteiger partial charge on any atom is -0.387 e. The van der Waals surface area contributed by atoms with Gasteiger partial charge in [0.15, 0.2) is 0 Å². The van der Waals surface area contributed by atoms with Crippen LogP contribution in [0.2, 0.25) is 0 Å². The molecule has 0 aliphatic carbocycles. The van der Waals surface area contributed by atoms with Crippen LogP contribution in [-0.2, 0) is 0 Å². The average Bonchev–Trinajstić information content (AvgIpc) is 3.24. The summed E-state index contributed by atoms with van der Waals surface area (Å²) in [5.41, 5.74) is 1.54. The van der Waals surface area contributed by atoms with Gasteiger partial charge in [-0.05, 0) is 55.3 Å². The highest BCUT2D eigenvalue weighted by atomic mass is 19.1. The quantitative estimate of drug-likeness (QED) is 0.717. The van der Waals surface area contributed by atoms with Gasteiger partial charge in [0.25, 0.3) is 5.91 Å². The van der Waals surface area contributed by atoms with Gasteiger partial charge in [0.1, 0.15) is 11.6 Å². The van der Waals surface area contributed by atoms with Crippen LogP contribution in [0.15, 0.2) is 47.0 Å². The molecule has 29 heavy (non-hydrogen) atoms. The predicted octanol–water partition coefficient (Wildman–Crippen LogP) is 4.08. The van der Waals surface area contributed by atoms with E-state index in [0.29, 0.717) is 41.6 Å². The molecule has 1 aliphatic heterocycles. The number of carbonyl (C=O) groups is 1. The first-order valence-electron chi connectivity index (χ1n) is 9.41. The lowest BCUT2D eigenvalue weighted by molar-refractivity contribution is 0.0696. The molecule has 8 heteroatoms. The number of aromatic nitrogens is 2. The van der Waals surface area contributed by atoms with Gasteiger partial charge in [-0.3, -0.25) is 4.79 Å². The number of nitrogens with one attached hydrogen (secondary N) is 1. The van der Waals surface area contributed by atoms with Crippen LogP contribution in [0.25, 0.3) is 11.4 Å². The number of piperidine rings is 1. The summed E-state index contributed by atoms with van der Waals surface area (Å²) in [5.74, 6) is -0.151. The lowest BCUT2D eigenvalue weighted by Gasteiger charge is -2.31. The van der Waals surface area contributed by atoms with Crippen molar-refractivity contribution < 1.29 is 18.1 Å². The molecule has 4 rings (SSSR count). The molecule has 1 N–H and O–H groups in total. The SMILES string of the molecule is CNc1cc(F)ccc1C(=O)N1CCCC(c2nc(-c3ccc(F)cc3)no2)C1. The summed E-state index contributed by atoms with van der Waals surface area (Å²) >= 11 is 0. The molecule has 3 aromatic rings. The highest BCUT2D eigenvalue weighted by Gasteiger charge is 2.30. The number of benzene rings is 2. The second kappa shape index (κ2) is 7.98. The number of amides is 1. The van der Waals surface area contributed by atoms with Gasteiger partial charge in [0.2, 0.25) is 11.7 Å². The Morgan fingerprint density at radius 1 is 1.17 bits per heavy atom. The van der Waals surface area contributed by atoms with Crippen molar-refractivity contribution >= 4 is 11.6 Å². The second-order valence-electron chi connectivity index (χ2n) is 6.99. The molecule has 1 amide bonds. The normalized spacial score (nSPS) is 16.7. The maximum Gasteiger partial charge on any atom is 0.255 e. The number of hydrogen-bond donors (Lipinski definition) is 1. The molecular formula is C21H20F2N4O2. The third-order valence-corrected chi connectivity index (χ3v) is 5.08. The summed E-state index contributed by atoms with van der Waals surface area (Å²) in [7, 11) is 1.65. The molecule has 1 saturated heterocycles. The largest absolute Gasteiger partial charge is 0.387 e. The van der Waals surface area contributed by atoms with Crippen LogP contribution in [0.5, 0.6) is 0 Å². The van der Waals surface area contributed by atoms with E-state index in [1.165, 1.54) is 30.3 Å². The lowest BCUT2D eigenvalue weighted by Crippen LogP contribution is -2.39. The van der Waals surface area contributed by atoms with Crippen LogP contribution in [0.3, 0.4) is 0 Å². The van der Waals surface area contributed by atoms with Crippen LogP contribution < -0.4 is 5.32 Å². The molecule has 1 aromatic heterocycles. The van der Waals surface area contributed by atoms with Crippen LogP contribution in [-0.4, -0.2) is 41.1 Å². The number of rotatable bonds is 4. The van der Waals surface area contributed by atoms with Crippen LogP contribution in [0.4, 0.5) is 14.5 Å². The van der Waals surface area contributed by atoms with E-state index in [4.69, 9.17) is 4.52 Å². The number of halogens is 2. The summed E-state index contributed by atoms with van der Waals surface area (Å²) in [6, 6.07) is 9.95. The van der Waals surface area contributed by atoms with Gasteiger partial charge in [-0.1, -0.05) is 5.16 Å². The first kappa shape index (κ1) is 19.0. The molecule has 150 valence electrons. The maximum atomic E-state index is 13.5. The Hall–Kier alpha value is -3.29. The van der Waals surface area contributed by atoms with Crippen molar-refractivity contribution in [2.24, 2.45) is 0 Å². The third-order valence-electron chi connectivity index (χ3n) is 5.08. The number of anilines is 1. The van der Waals surface area contributed by atoms with Crippen LogP contribution in [0, 0.1) is 11.6 Å². The topological polar surface area (TPSA) is 71.3 Å². The maximum absolute atomic E-state index is 13.5. The van der Waals surface area contributed by atoms with Gasteiger partial charge in [-0.2, -0.15) is 4.98 Å². The fourth-order valence-electron chi connectivity index (χ4n) is 3.56. The Labute approximate surface area is 166 Å². The zero-order chi connectivity index (χ0) is 20.4. The predicted molar refractivity (Wildman–Crippen MR) is 104 cm³/mol. The smallest absolute Gasteiger partial charge is 0.255 e. The molecular weight excluding hydrogens is 378 g/mol. The molecule has 1 atom stereocenters. The van der Waals surface area contributed by atoms with Crippen molar-refractivity contribution in [1.82, 2.24) is 15.0 Å². The van der Waals surface area contributed by atoms with Crippen molar-refractivity contribution in [1.29, 1.82) is 0 Å². The standard InChI is InChI=1S/C21H20F2N4O2/c1-24-18-11-16(23)8-9-17(18)21(28)27-10-2-3-14(12-27)20-25-19(26-29-20)13-4-6-15(22)7-5-13/h4-9,11,14,24H,2-3,10,12H2,1H3. The molecule has 0 saturated carbocycles. The number of nitrogens with zero attached hydrogens (tertiary/aromatic N) is 3. The van der Waals surface area contributed by atoms with Crippen LogP contribution >= 0.6 is 0 Å². The second-order valence-corrected chi connectivity index (χ2v) is 6.99. The Balaban J connectivity index is 1.52. The fraction of sp³-hybridized carbons (Fsp3) is 0.286. The molecule has 6 nitrogen and oxygen atoms in total. The van der Waals surface area contributed by atoms with Gasteiger partial charge in [0.05, 0.1) is 11.5 Å². The lowest BCUT2D eigenvalue weighted by atomic mass is 9.97. The minimum absolute atomic E-state index is 0.0899. The highest BCUT2D eigenvalue weighted by molar-refractivity contribution is 5.99. The Morgan fingerprint density at radius 3 is 2.69 bits per heavy atom. The van der Waals surface area contributed by atoms with E-state index in [0.717, 1.165) is 12.8 Å². The van der Waals surface area contributed by atoms with Crippen molar-refractivity contribution in [2.75, 3.05) is 25.5 Å². The van der Waals surface area contributed by atoms with E-state index < -0.39 is 5.82 Å². The summed E-state index contributed by atoms with van der Waals surface area (Å²) in [6.07, 6.45) is 1.61. The number of hydrogen-bond acceptors (Lipinski definition) is 5. The molecule has 1 aliphatic rings. The van der Waals surface area contributed by atoms with E-state index in [1.54, 1.807) is 24.1 Å². The van der Waals surface area contributed by atoms with Gasteiger partial charge in [-0.15, -0.1) is 0 Å². The first-order valence-corrected chi connectivity index (χ1v) is 9.41. The minimum atomic E-state index is -0.401. The van der Waals surface area contributed by atoms with Gasteiger partial charge in [0, 0.05) is 31.4 Å². The molecule has 0 radical (unpaired) electrons. The monoisotopic (exact) mass is 398 g/mol. The van der Waals surface area contributed by atoms with Crippen LogP contribution in [0.1, 0.15) is 35.0 Å². The zero-order valence-electron chi connectivity index (χ0n) is 15.9.